The Bertz CT molecular complexity index is 4070. The first-order chi connectivity index (χ1) is 57.4. The summed E-state index contributed by atoms with van der Waals surface area (Å²) in [5.74, 6) is -1.69. The number of benzene rings is 3. The number of methoxy groups -OCH3 is 2. The largest absolute Gasteiger partial charge is 0.494 e. The number of unbranched alkanes of at least 4 members (excludes halogenated alkanes) is 2. The van der Waals surface area contributed by atoms with E-state index in [2.05, 4.69) is 31.6 Å². The Hall–Kier alpha value is -10.1. The molecule has 0 spiro atoms. The van der Waals surface area contributed by atoms with E-state index < -0.39 is 66.0 Å². The van der Waals surface area contributed by atoms with Gasteiger partial charge < -0.3 is 119 Å². The number of carbonyl (C=O) groups is 8. The molecule has 8 rings (SSSR count). The fourth-order valence-electron chi connectivity index (χ4n) is 13.6. The highest BCUT2D eigenvalue weighted by Crippen LogP contribution is 2.44. The summed E-state index contributed by atoms with van der Waals surface area (Å²) in [7, 11) is 2.95. The zero-order valence-electron chi connectivity index (χ0n) is 70.0. The minimum absolute atomic E-state index is 0.00660. The summed E-state index contributed by atoms with van der Waals surface area (Å²) in [6.07, 6.45) is 7.58. The number of hydrogen-bond acceptors (Lipinski definition) is 25. The molecule has 4 aliphatic rings. The van der Waals surface area contributed by atoms with Crippen molar-refractivity contribution < 1.29 is 115 Å². The highest BCUT2D eigenvalue weighted by molar-refractivity contribution is 6.07. The van der Waals surface area contributed by atoms with Gasteiger partial charge in [-0.25, -0.2) is 14.5 Å². The minimum Gasteiger partial charge on any atom is -0.494 e. The molecular weight excluding hydrogens is 1550 g/mol. The van der Waals surface area contributed by atoms with Gasteiger partial charge in [0.1, 0.15) is 18.7 Å². The van der Waals surface area contributed by atoms with Crippen molar-refractivity contribution in [3.8, 4) is 34.8 Å². The molecule has 5 heterocycles. The zero-order valence-corrected chi connectivity index (χ0v) is 70.0. The van der Waals surface area contributed by atoms with E-state index in [1.165, 1.54) is 35.8 Å². The van der Waals surface area contributed by atoms with Gasteiger partial charge in [-0.2, -0.15) is 0 Å². The van der Waals surface area contributed by atoms with E-state index in [0.29, 0.717) is 164 Å². The van der Waals surface area contributed by atoms with E-state index in [9.17, 15) is 53.7 Å². The lowest BCUT2D eigenvalue weighted by Gasteiger charge is -2.31. The summed E-state index contributed by atoms with van der Waals surface area (Å²) < 4.78 is 75.4. The Morgan fingerprint density at radius 3 is 1.72 bits per heavy atom. The summed E-state index contributed by atoms with van der Waals surface area (Å²) in [5.41, 5.74) is 9.44. The molecule has 0 bridgehead atoms. The van der Waals surface area contributed by atoms with Crippen LogP contribution in [-0.2, 0) is 80.4 Å². The van der Waals surface area contributed by atoms with Crippen LogP contribution in [0, 0.1) is 5.92 Å². The molecule has 3 aromatic carbocycles. The molecule has 35 heteroatoms. The van der Waals surface area contributed by atoms with Crippen molar-refractivity contribution in [2.45, 2.75) is 168 Å². The molecule has 0 saturated heterocycles. The van der Waals surface area contributed by atoms with Gasteiger partial charge in [0.2, 0.25) is 23.6 Å². The SMILES string of the molecule is CCC(C)(CC)c1cc(O)n(CCC(=O)NCCOCCOCCOCCOCCOCCOCCOCCOCCC(=O)NC(C(=O)NC(CCCNC(N)=O)C(=O)Nc2ccc(COC(=O)N3c4cc(OCCCCCOc5cc6c(cc5OC)C(=O)N5C=C(C)CC5C=N6)c(OC)cc4C(=O)N4C=C(C)CC4C3O)cc2)C(C)C)c1O. The molecule has 5 atom stereocenters. The van der Waals surface area contributed by atoms with Crippen LogP contribution >= 0.6 is 0 Å². The van der Waals surface area contributed by atoms with Gasteiger partial charge in [-0.15, -0.1) is 0 Å². The molecule has 0 saturated carbocycles. The number of aliphatic imine (C=N–C) groups is 1. The molecular formula is C84H121N11O24. The average molecular weight is 1670 g/mol. The van der Waals surface area contributed by atoms with E-state index in [1.54, 1.807) is 73.6 Å². The Morgan fingerprint density at radius 2 is 1.15 bits per heavy atom. The maximum absolute atomic E-state index is 14.4. The second-order valence-electron chi connectivity index (χ2n) is 29.7. The molecule has 0 radical (unpaired) electrons. The first kappa shape index (κ1) is 94.4. The van der Waals surface area contributed by atoms with Crippen LogP contribution in [0.1, 0.15) is 151 Å². The standard InChI is InChI=1S/C84H121N11O24/c1-10-84(7,11-2)63-48-74(98)92(80(63)103)25-21-72(96)86-24-29-110-31-33-112-35-37-114-39-41-116-43-42-115-40-38-113-36-34-111-32-30-109-28-22-73(97)91-75(55(3)4)77(100)90-64(16-15-23-87-82(85)105)76(99)89-59-19-17-58(18-20-59)54-119-83(106)95-66-50-71(69(108-9)47-62(66)79(102)94-53-57(6)45-67(94)81(95)104)118-27-14-12-13-26-117-70-49-65-61(46-68(70)107-8)78(101)93-52-56(5)44-60(93)51-88-65/h17-20,46-53,55,60,64,67,75,81,98,103-104H,10-16,21-45,54H2,1-9H3,(H,86,96)(H,89,99)(H,90,100)(H,91,97)(H3,85,87,105). The Kier molecular flexibility index (Phi) is 38.7. The predicted octanol–water partition coefficient (Wildman–Crippen LogP) is 7.79. The zero-order chi connectivity index (χ0) is 85.8. The molecule has 4 aromatic rings. The van der Waals surface area contributed by atoms with Crippen LogP contribution in [0.25, 0.3) is 0 Å². The normalized spacial score (nSPS) is 16.0. The number of nitrogens with two attached hydrogens (primary N) is 1. The molecule has 9 amide bonds. The number of anilines is 2. The first-order valence-electron chi connectivity index (χ1n) is 40.8. The molecule has 5 unspecified atom stereocenters. The van der Waals surface area contributed by atoms with Crippen LogP contribution in [0.3, 0.4) is 0 Å². The Morgan fingerprint density at radius 1 is 0.605 bits per heavy atom. The fraction of sp³-hybridized carbons (Fsp3) is 0.583. The van der Waals surface area contributed by atoms with Crippen LogP contribution in [0.15, 0.2) is 83.1 Å². The molecule has 119 heavy (non-hydrogen) atoms. The summed E-state index contributed by atoms with van der Waals surface area (Å²) >= 11 is 0. The van der Waals surface area contributed by atoms with Gasteiger partial charge in [0.05, 0.1) is 168 Å². The van der Waals surface area contributed by atoms with E-state index in [1.807, 2.05) is 40.8 Å². The number of nitrogens with one attached hydrogen (secondary N) is 5. The number of nitrogens with zero attached hydrogens (tertiary/aromatic N) is 5. The summed E-state index contributed by atoms with van der Waals surface area (Å²) in [4.78, 5) is 116. The lowest BCUT2D eigenvalue weighted by atomic mass is 9.79. The van der Waals surface area contributed by atoms with Gasteiger partial charge in [0.25, 0.3) is 11.8 Å². The topological polar surface area (TPSA) is 430 Å². The van der Waals surface area contributed by atoms with Gasteiger partial charge in [-0.1, -0.05) is 57.9 Å². The number of aliphatic hydroxyl groups excluding tert-OH is 1. The number of aliphatic hydroxyl groups is 1. The summed E-state index contributed by atoms with van der Waals surface area (Å²) in [6, 6.07) is 10.4. The van der Waals surface area contributed by atoms with E-state index in [-0.39, 0.29) is 136 Å². The summed E-state index contributed by atoms with van der Waals surface area (Å²) in [6.45, 7) is 19.5. The van der Waals surface area contributed by atoms with Crippen molar-refractivity contribution in [3.05, 3.63) is 100 Å². The molecule has 35 nitrogen and oxygen atoms in total. The lowest BCUT2D eigenvalue weighted by molar-refractivity contribution is -0.132. The predicted molar refractivity (Wildman–Crippen MR) is 439 cm³/mol. The third-order valence-corrected chi connectivity index (χ3v) is 20.7. The molecule has 0 aliphatic carbocycles. The minimum atomic E-state index is -1.56. The van der Waals surface area contributed by atoms with Gasteiger partial charge >= 0.3 is 12.1 Å². The molecule has 1 aromatic heterocycles. The average Bonchev–Trinajstić information content (AvgIpc) is 1.62. The van der Waals surface area contributed by atoms with Crippen molar-refractivity contribution in [3.63, 3.8) is 0 Å². The smallest absolute Gasteiger partial charge is 0.416 e. The summed E-state index contributed by atoms with van der Waals surface area (Å²) in [5, 5.41) is 46.7. The number of ether oxygens (including phenoxy) is 13. The van der Waals surface area contributed by atoms with Gasteiger partial charge in [0, 0.05) is 80.5 Å². The van der Waals surface area contributed by atoms with E-state index >= 15 is 0 Å². The van der Waals surface area contributed by atoms with Gasteiger partial charge in [-0.05, 0) is 113 Å². The van der Waals surface area contributed by atoms with Gasteiger partial charge in [-0.3, -0.25) is 38.3 Å². The Balaban J connectivity index is 0.672. The molecule has 10 N–H and O–H groups in total. The molecule has 0 fully saturated rings. The second-order valence-corrected chi connectivity index (χ2v) is 29.7. The third-order valence-electron chi connectivity index (χ3n) is 20.7. The number of primary amides is 1. The van der Waals surface area contributed by atoms with E-state index in [0.717, 1.165) is 28.9 Å². The molecule has 4 aliphatic heterocycles. The molecule has 656 valence electrons. The van der Waals surface area contributed by atoms with Crippen molar-refractivity contribution in [1.29, 1.82) is 0 Å². The van der Waals surface area contributed by atoms with Crippen LogP contribution in [0.4, 0.5) is 26.7 Å². The number of hydrogen-bond donors (Lipinski definition) is 9. The monoisotopic (exact) mass is 1670 g/mol. The maximum atomic E-state index is 14.4. The third kappa shape index (κ3) is 28.5. The maximum Gasteiger partial charge on any atom is 0.416 e. The number of aromatic nitrogens is 1. The van der Waals surface area contributed by atoms with Crippen LogP contribution in [0.2, 0.25) is 0 Å². The number of urea groups is 1. The van der Waals surface area contributed by atoms with Crippen LogP contribution < -0.4 is 56.2 Å². The van der Waals surface area contributed by atoms with Gasteiger partial charge in [0.15, 0.2) is 41.0 Å². The van der Waals surface area contributed by atoms with E-state index in [4.69, 9.17) is 67.3 Å². The number of carbonyl (C=O) groups excluding carboxylic acids is 8. The van der Waals surface area contributed by atoms with Crippen molar-refractivity contribution in [2.24, 2.45) is 16.6 Å². The first-order valence-corrected chi connectivity index (χ1v) is 40.8. The lowest BCUT2D eigenvalue weighted by Crippen LogP contribution is -2.54. The van der Waals surface area contributed by atoms with Crippen molar-refractivity contribution in [1.82, 2.24) is 35.6 Å². The fourth-order valence-corrected chi connectivity index (χ4v) is 13.6. The number of amides is 9. The van der Waals surface area contributed by atoms with Crippen molar-refractivity contribution >= 4 is 70.8 Å². The van der Waals surface area contributed by atoms with Crippen molar-refractivity contribution in [2.75, 3.05) is 156 Å². The second kappa shape index (κ2) is 48.8. The quantitative estimate of drug-likeness (QED) is 0.0190. The Labute approximate surface area is 695 Å². The van der Waals surface area contributed by atoms with Crippen LogP contribution in [0.5, 0.6) is 34.8 Å². The number of aromatic hydroxyl groups is 2. The number of fused-ring (bicyclic) bond motifs is 4. The number of rotatable bonds is 55. The highest BCUT2D eigenvalue weighted by Gasteiger charge is 2.46. The highest BCUT2D eigenvalue weighted by atomic mass is 16.6. The van der Waals surface area contributed by atoms with Crippen LogP contribution in [-0.4, -0.2) is 260 Å².